The number of amides is 3. The molecule has 1 aliphatic rings. The lowest BCUT2D eigenvalue weighted by molar-refractivity contribution is -0.144. The van der Waals surface area contributed by atoms with Gasteiger partial charge in [0.2, 0.25) is 17.7 Å². The van der Waals surface area contributed by atoms with E-state index < -0.39 is 54.0 Å². The first-order chi connectivity index (χ1) is 11.6. The molecule has 0 aromatic rings. The van der Waals surface area contributed by atoms with E-state index in [1.165, 1.54) is 25.7 Å². The highest BCUT2D eigenvalue weighted by Crippen LogP contribution is 2.18. The number of nitrogens with two attached hydrogens (primary N) is 1. The Morgan fingerprint density at radius 1 is 1.12 bits per heavy atom. The van der Waals surface area contributed by atoms with Crippen LogP contribution < -0.4 is 16.4 Å². The van der Waals surface area contributed by atoms with Crippen molar-refractivity contribution in [1.29, 1.82) is 0 Å². The molecule has 0 radical (unpaired) electrons. The van der Waals surface area contributed by atoms with Gasteiger partial charge in [0.05, 0.1) is 6.10 Å². The Hall–Kier alpha value is -2.20. The fraction of sp³-hybridized carbons (Fsp3) is 0.733. The summed E-state index contributed by atoms with van der Waals surface area (Å²) in [4.78, 5) is 48.7. The van der Waals surface area contributed by atoms with E-state index in [0.717, 1.165) is 0 Å². The second-order valence-electron chi connectivity index (χ2n) is 6.25. The molecule has 0 bridgehead atoms. The number of hydrogen-bond donors (Lipinski definition) is 5. The second-order valence-corrected chi connectivity index (χ2v) is 6.25. The molecule has 1 saturated heterocycles. The molecule has 6 N–H and O–H groups in total. The van der Waals surface area contributed by atoms with Gasteiger partial charge in [-0.15, -0.1) is 0 Å². The number of rotatable bonds is 7. The zero-order valence-corrected chi connectivity index (χ0v) is 14.6. The molecule has 1 heterocycles. The van der Waals surface area contributed by atoms with Crippen LogP contribution in [0.2, 0.25) is 0 Å². The van der Waals surface area contributed by atoms with E-state index in [-0.39, 0.29) is 0 Å². The number of nitrogens with one attached hydrogen (secondary N) is 2. The van der Waals surface area contributed by atoms with Gasteiger partial charge in [-0.25, -0.2) is 0 Å². The SMILES string of the molecule is CC(NC(=O)C1CCCN1C(=O)C(C)NC(=O)[C@@H](N)[C@@H](C)O)C(=O)O. The zero-order valence-electron chi connectivity index (χ0n) is 14.6. The van der Waals surface area contributed by atoms with Gasteiger partial charge in [-0.3, -0.25) is 19.2 Å². The number of aliphatic carboxylic acids is 1. The molecular formula is C15H26N4O6. The monoisotopic (exact) mass is 358 g/mol. The molecule has 3 amide bonds. The first kappa shape index (κ1) is 20.8. The Bertz CT molecular complexity index is 538. The molecule has 0 aromatic carbocycles. The molecule has 1 fully saturated rings. The van der Waals surface area contributed by atoms with Crippen LogP contribution in [-0.2, 0) is 19.2 Å². The van der Waals surface area contributed by atoms with Crippen molar-refractivity contribution in [1.82, 2.24) is 15.5 Å². The van der Waals surface area contributed by atoms with Crippen LogP contribution in [-0.4, -0.2) is 75.6 Å². The van der Waals surface area contributed by atoms with Crippen LogP contribution in [0.3, 0.4) is 0 Å². The van der Waals surface area contributed by atoms with Crippen molar-refractivity contribution in [2.45, 2.75) is 63.9 Å². The van der Waals surface area contributed by atoms with E-state index in [1.807, 2.05) is 0 Å². The molecule has 0 aliphatic carbocycles. The second kappa shape index (κ2) is 8.77. The van der Waals surface area contributed by atoms with Crippen molar-refractivity contribution in [3.8, 4) is 0 Å². The highest BCUT2D eigenvalue weighted by Gasteiger charge is 2.37. The number of carbonyl (C=O) groups is 4. The summed E-state index contributed by atoms with van der Waals surface area (Å²) in [6, 6.07) is -3.93. The summed E-state index contributed by atoms with van der Waals surface area (Å²) in [6.45, 7) is 4.49. The first-order valence-corrected chi connectivity index (χ1v) is 8.14. The third kappa shape index (κ3) is 5.40. The minimum absolute atomic E-state index is 0.334. The average molecular weight is 358 g/mol. The van der Waals surface area contributed by atoms with E-state index in [1.54, 1.807) is 0 Å². The van der Waals surface area contributed by atoms with E-state index in [4.69, 9.17) is 10.8 Å². The van der Waals surface area contributed by atoms with Crippen LogP contribution in [0, 0.1) is 0 Å². The van der Waals surface area contributed by atoms with E-state index in [0.29, 0.717) is 19.4 Å². The normalized spacial score (nSPS) is 21.8. The van der Waals surface area contributed by atoms with E-state index >= 15 is 0 Å². The Balaban J connectivity index is 2.71. The molecule has 10 heteroatoms. The van der Waals surface area contributed by atoms with Gasteiger partial charge in [-0.05, 0) is 33.6 Å². The molecule has 1 rings (SSSR count). The number of carboxylic acid groups (broad SMARTS) is 1. The predicted molar refractivity (Wildman–Crippen MR) is 87.2 cm³/mol. The third-order valence-electron chi connectivity index (χ3n) is 4.12. The summed E-state index contributed by atoms with van der Waals surface area (Å²) < 4.78 is 0. The molecule has 1 aliphatic heterocycles. The summed E-state index contributed by atoms with van der Waals surface area (Å²) in [5, 5.41) is 22.9. The summed E-state index contributed by atoms with van der Waals surface area (Å²) in [5.74, 6) is -2.85. The van der Waals surface area contributed by atoms with Crippen molar-refractivity contribution in [3.05, 3.63) is 0 Å². The van der Waals surface area contributed by atoms with Crippen molar-refractivity contribution in [3.63, 3.8) is 0 Å². The smallest absolute Gasteiger partial charge is 0.325 e. The summed E-state index contributed by atoms with van der Waals surface area (Å²) in [7, 11) is 0. The van der Waals surface area contributed by atoms with Crippen LogP contribution in [0.5, 0.6) is 0 Å². The Morgan fingerprint density at radius 2 is 1.72 bits per heavy atom. The Morgan fingerprint density at radius 3 is 2.24 bits per heavy atom. The third-order valence-corrected chi connectivity index (χ3v) is 4.12. The maximum Gasteiger partial charge on any atom is 0.325 e. The number of aliphatic hydroxyl groups is 1. The summed E-state index contributed by atoms with van der Waals surface area (Å²) >= 11 is 0. The van der Waals surface area contributed by atoms with Gasteiger partial charge in [0.25, 0.3) is 0 Å². The quantitative estimate of drug-likeness (QED) is 0.344. The number of carbonyl (C=O) groups excluding carboxylic acids is 3. The molecular weight excluding hydrogens is 332 g/mol. The van der Waals surface area contributed by atoms with Crippen molar-refractivity contribution in [2.24, 2.45) is 5.73 Å². The molecule has 142 valence electrons. The highest BCUT2D eigenvalue weighted by molar-refractivity contribution is 5.94. The number of nitrogens with zero attached hydrogens (tertiary/aromatic N) is 1. The molecule has 0 spiro atoms. The Labute approximate surface area is 145 Å². The lowest BCUT2D eigenvalue weighted by Crippen LogP contribution is -2.56. The maximum absolute atomic E-state index is 12.5. The van der Waals surface area contributed by atoms with Gasteiger partial charge in [0, 0.05) is 6.54 Å². The van der Waals surface area contributed by atoms with Gasteiger partial charge in [0.1, 0.15) is 24.2 Å². The minimum atomic E-state index is -1.17. The summed E-state index contributed by atoms with van der Waals surface area (Å²) in [5.41, 5.74) is 5.51. The van der Waals surface area contributed by atoms with Crippen molar-refractivity contribution in [2.75, 3.05) is 6.54 Å². The van der Waals surface area contributed by atoms with Gasteiger partial charge >= 0.3 is 5.97 Å². The average Bonchev–Trinajstić information content (AvgIpc) is 3.02. The molecule has 10 nitrogen and oxygen atoms in total. The number of aliphatic hydroxyl groups excluding tert-OH is 1. The van der Waals surface area contributed by atoms with Gasteiger partial charge < -0.3 is 31.5 Å². The minimum Gasteiger partial charge on any atom is -0.480 e. The van der Waals surface area contributed by atoms with Crippen LogP contribution >= 0.6 is 0 Å². The molecule has 0 saturated carbocycles. The topological polar surface area (TPSA) is 162 Å². The lowest BCUT2D eigenvalue weighted by atomic mass is 10.1. The fourth-order valence-electron chi connectivity index (χ4n) is 2.51. The highest BCUT2D eigenvalue weighted by atomic mass is 16.4. The molecule has 0 aromatic heterocycles. The maximum atomic E-state index is 12.5. The fourth-order valence-corrected chi connectivity index (χ4v) is 2.51. The van der Waals surface area contributed by atoms with Crippen LogP contribution in [0.1, 0.15) is 33.6 Å². The molecule has 25 heavy (non-hydrogen) atoms. The predicted octanol–water partition coefficient (Wildman–Crippen LogP) is -2.22. The number of hydrogen-bond acceptors (Lipinski definition) is 6. The van der Waals surface area contributed by atoms with Crippen molar-refractivity contribution >= 4 is 23.7 Å². The summed E-state index contributed by atoms with van der Waals surface area (Å²) in [6.07, 6.45) is -0.0539. The zero-order chi connectivity index (χ0) is 19.3. The number of carboxylic acids is 1. The van der Waals surface area contributed by atoms with E-state index in [9.17, 15) is 24.3 Å². The largest absolute Gasteiger partial charge is 0.480 e. The molecule has 5 atom stereocenters. The van der Waals surface area contributed by atoms with Gasteiger partial charge in [0.15, 0.2) is 0 Å². The van der Waals surface area contributed by atoms with Gasteiger partial charge in [-0.1, -0.05) is 0 Å². The first-order valence-electron chi connectivity index (χ1n) is 8.14. The van der Waals surface area contributed by atoms with Crippen LogP contribution in [0.4, 0.5) is 0 Å². The molecule has 3 unspecified atom stereocenters. The van der Waals surface area contributed by atoms with E-state index in [2.05, 4.69) is 10.6 Å². The van der Waals surface area contributed by atoms with Crippen LogP contribution in [0.25, 0.3) is 0 Å². The Kier molecular flexibility index (Phi) is 7.31. The van der Waals surface area contributed by atoms with Gasteiger partial charge in [-0.2, -0.15) is 0 Å². The number of likely N-dealkylation sites (tertiary alicyclic amines) is 1. The van der Waals surface area contributed by atoms with Crippen LogP contribution in [0.15, 0.2) is 0 Å². The standard InChI is InChI=1S/C15H26N4O6/c1-7(17-13(22)11(16)9(3)20)14(23)19-6-4-5-10(19)12(21)18-8(2)15(24)25/h7-11,20H,4-6,16H2,1-3H3,(H,17,22)(H,18,21)(H,24,25)/t7?,8?,9-,10?,11+/m1/s1. The lowest BCUT2D eigenvalue weighted by Gasteiger charge is -2.28. The van der Waals surface area contributed by atoms with Crippen molar-refractivity contribution < 1.29 is 29.4 Å².